The summed E-state index contributed by atoms with van der Waals surface area (Å²) < 4.78 is 26.8. The molecule has 0 spiro atoms. The fourth-order valence-electron chi connectivity index (χ4n) is 2.13. The smallest absolute Gasteiger partial charge is 0.322 e. The molecule has 0 rings (SSSR count). The van der Waals surface area contributed by atoms with Crippen molar-refractivity contribution in [1.82, 2.24) is 0 Å². The summed E-state index contributed by atoms with van der Waals surface area (Å²) in [5.74, 6) is -0.973. The van der Waals surface area contributed by atoms with E-state index in [-0.39, 0.29) is 48.3 Å². The Labute approximate surface area is 158 Å². The van der Waals surface area contributed by atoms with E-state index in [0.29, 0.717) is 6.42 Å². The average Bonchev–Trinajstić information content (AvgIpc) is 2.40. The molecular formula is C15H31NNaO4S. The zero-order chi connectivity index (χ0) is 16.0. The first-order valence-corrected chi connectivity index (χ1v) is 9.74. The fourth-order valence-corrected chi connectivity index (χ4v) is 2.86. The third-order valence-electron chi connectivity index (χ3n) is 3.32. The number of unbranched alkanes of at least 4 members (excludes halogenated alkanes) is 9. The summed E-state index contributed by atoms with van der Waals surface area (Å²) >= 11 is 0. The van der Waals surface area contributed by atoms with Gasteiger partial charge in [0.2, 0.25) is 0 Å². The van der Waals surface area contributed by atoms with Crippen LogP contribution in [0.15, 0.2) is 0 Å². The average molecular weight is 344 g/mol. The van der Waals surface area contributed by atoms with Gasteiger partial charge in [-0.05, 0) is 6.42 Å². The molecule has 7 heteroatoms. The van der Waals surface area contributed by atoms with Crippen LogP contribution in [0.4, 0.5) is 0 Å². The van der Waals surface area contributed by atoms with Gasteiger partial charge in [-0.2, -0.15) is 8.42 Å². The van der Waals surface area contributed by atoms with Crippen LogP contribution >= 0.6 is 0 Å². The molecule has 0 heterocycles. The van der Waals surface area contributed by atoms with Gasteiger partial charge in [-0.15, -0.1) is 0 Å². The van der Waals surface area contributed by atoms with Crippen molar-refractivity contribution in [2.75, 3.05) is 12.3 Å². The maximum absolute atomic E-state index is 11.3. The van der Waals surface area contributed by atoms with Crippen molar-refractivity contribution >= 4 is 45.6 Å². The molecule has 0 aliphatic carbocycles. The topological polar surface area (TPSA) is 86.5 Å². The van der Waals surface area contributed by atoms with Gasteiger partial charge in [-0.25, -0.2) is 0 Å². The van der Waals surface area contributed by atoms with Crippen molar-refractivity contribution in [1.29, 1.82) is 0 Å². The van der Waals surface area contributed by atoms with Gasteiger partial charge in [-0.3, -0.25) is 4.79 Å². The van der Waals surface area contributed by atoms with Crippen LogP contribution in [0.1, 0.15) is 77.6 Å². The first-order valence-electron chi connectivity index (χ1n) is 8.17. The number of hydrogen-bond donors (Lipinski definition) is 1. The zero-order valence-corrected chi connectivity index (χ0v) is 17.1. The quantitative estimate of drug-likeness (QED) is 0.297. The van der Waals surface area contributed by atoms with Crippen molar-refractivity contribution < 1.29 is 17.4 Å². The molecule has 0 aliphatic rings. The Morgan fingerprint density at radius 1 is 0.909 bits per heavy atom. The maximum Gasteiger partial charge on any atom is 0.322 e. The predicted octanol–water partition coefficient (Wildman–Crippen LogP) is 2.75. The van der Waals surface area contributed by atoms with Crippen molar-refractivity contribution in [2.45, 2.75) is 77.6 Å². The number of carbonyl (C=O) groups is 1. The van der Waals surface area contributed by atoms with Gasteiger partial charge < -0.3 is 9.92 Å². The van der Waals surface area contributed by atoms with Gasteiger partial charge >= 0.3 is 16.1 Å². The van der Waals surface area contributed by atoms with E-state index in [9.17, 15) is 13.2 Å². The largest absolute Gasteiger partial charge is 0.346 e. The van der Waals surface area contributed by atoms with E-state index in [1.807, 2.05) is 0 Å². The molecule has 0 aromatic carbocycles. The second-order valence-corrected chi connectivity index (χ2v) is 7.13. The summed E-state index contributed by atoms with van der Waals surface area (Å²) in [5.41, 5.74) is 5.13. The minimum Gasteiger partial charge on any atom is -0.346 e. The van der Waals surface area contributed by atoms with Crippen LogP contribution in [0.5, 0.6) is 0 Å². The van der Waals surface area contributed by atoms with E-state index in [1.165, 1.54) is 44.9 Å². The molecule has 0 amide bonds. The van der Waals surface area contributed by atoms with Gasteiger partial charge in [0.15, 0.2) is 0 Å². The molecule has 0 aliphatic heterocycles. The first-order chi connectivity index (χ1) is 10.0. The van der Waals surface area contributed by atoms with Crippen molar-refractivity contribution in [3.05, 3.63) is 0 Å². The van der Waals surface area contributed by atoms with E-state index in [2.05, 4.69) is 11.1 Å². The van der Waals surface area contributed by atoms with E-state index in [0.717, 1.165) is 12.8 Å². The molecule has 127 valence electrons. The molecule has 0 unspecified atom stereocenters. The second-order valence-electron chi connectivity index (χ2n) is 5.44. The Bertz CT molecular complexity index is 361. The molecule has 0 bridgehead atoms. The van der Waals surface area contributed by atoms with Crippen LogP contribution in [0, 0.1) is 0 Å². The summed E-state index contributed by atoms with van der Waals surface area (Å²) in [7, 11) is -3.77. The van der Waals surface area contributed by atoms with Crippen LogP contribution in [-0.4, -0.2) is 56.2 Å². The third-order valence-corrected chi connectivity index (χ3v) is 4.50. The number of hydrogen-bond acceptors (Lipinski definition) is 5. The predicted molar refractivity (Wildman–Crippen MR) is 91.1 cm³/mol. The SMILES string of the molecule is CCCCCCCCCCCCC(=O)OS(=O)(=O)CCN.[Na]. The summed E-state index contributed by atoms with van der Waals surface area (Å²) in [6.45, 7) is 2.18. The Morgan fingerprint density at radius 2 is 1.36 bits per heavy atom. The summed E-state index contributed by atoms with van der Waals surface area (Å²) in [4.78, 5) is 11.3. The zero-order valence-electron chi connectivity index (χ0n) is 14.3. The van der Waals surface area contributed by atoms with Gasteiger partial charge in [0.05, 0.1) is 5.75 Å². The summed E-state index contributed by atoms with van der Waals surface area (Å²) in [5, 5.41) is 0. The van der Waals surface area contributed by atoms with E-state index < -0.39 is 16.1 Å². The molecule has 0 saturated heterocycles. The van der Waals surface area contributed by atoms with Crippen molar-refractivity contribution in [3.63, 3.8) is 0 Å². The van der Waals surface area contributed by atoms with Crippen LogP contribution in [-0.2, 0) is 19.1 Å². The van der Waals surface area contributed by atoms with Gasteiger partial charge in [-0.1, -0.05) is 64.7 Å². The number of carbonyl (C=O) groups excluding carboxylic acids is 1. The van der Waals surface area contributed by atoms with Crippen molar-refractivity contribution in [2.24, 2.45) is 5.73 Å². The summed E-state index contributed by atoms with van der Waals surface area (Å²) in [6, 6.07) is 0. The van der Waals surface area contributed by atoms with Crippen LogP contribution in [0.3, 0.4) is 0 Å². The molecule has 1 radical (unpaired) electrons. The van der Waals surface area contributed by atoms with E-state index in [4.69, 9.17) is 5.73 Å². The minimum atomic E-state index is -3.77. The number of nitrogens with two attached hydrogens (primary N) is 1. The standard InChI is InChI=1S/C15H31NO4S.Na/c1-2-3-4-5-6-7-8-9-10-11-12-15(17)20-21(18,19)14-13-16;/h2-14,16H2,1H3;. The molecular weight excluding hydrogens is 313 g/mol. The van der Waals surface area contributed by atoms with Crippen LogP contribution in [0.2, 0.25) is 0 Å². The third kappa shape index (κ3) is 16.7. The molecule has 0 fully saturated rings. The van der Waals surface area contributed by atoms with Crippen LogP contribution < -0.4 is 5.73 Å². The molecule has 0 atom stereocenters. The minimum absolute atomic E-state index is 0. The monoisotopic (exact) mass is 344 g/mol. The van der Waals surface area contributed by atoms with E-state index >= 15 is 0 Å². The normalized spacial score (nSPS) is 11.0. The van der Waals surface area contributed by atoms with Crippen molar-refractivity contribution in [3.8, 4) is 0 Å². The molecule has 0 aromatic rings. The second kappa shape index (κ2) is 16.2. The van der Waals surface area contributed by atoms with Gasteiger partial charge in [0.25, 0.3) is 0 Å². The Kier molecular flexibility index (Phi) is 18.2. The number of rotatable bonds is 14. The Morgan fingerprint density at radius 3 is 1.82 bits per heavy atom. The fraction of sp³-hybridized carbons (Fsp3) is 0.933. The molecule has 0 aromatic heterocycles. The summed E-state index contributed by atoms with van der Waals surface area (Å²) in [6.07, 6.45) is 11.9. The van der Waals surface area contributed by atoms with Crippen LogP contribution in [0.25, 0.3) is 0 Å². The van der Waals surface area contributed by atoms with E-state index in [1.54, 1.807) is 0 Å². The first kappa shape index (κ1) is 24.6. The Balaban J connectivity index is 0. The Hall–Kier alpha value is 0.380. The van der Waals surface area contributed by atoms with Gasteiger partial charge in [0.1, 0.15) is 0 Å². The molecule has 0 saturated carbocycles. The van der Waals surface area contributed by atoms with Gasteiger partial charge in [0, 0.05) is 42.5 Å². The molecule has 22 heavy (non-hydrogen) atoms. The maximum atomic E-state index is 11.3. The molecule has 2 N–H and O–H groups in total. The molecule has 5 nitrogen and oxygen atoms in total.